The molecular formula is C16H23NO. The summed E-state index contributed by atoms with van der Waals surface area (Å²) >= 11 is 0. The second kappa shape index (κ2) is 6.03. The SMILES string of the molecule is CCN(C(=O)c1cccc(C)c1)C1CCCCC1. The van der Waals surface area contributed by atoms with E-state index in [1.165, 1.54) is 32.1 Å². The van der Waals surface area contributed by atoms with Crippen molar-refractivity contribution in [3.63, 3.8) is 0 Å². The van der Waals surface area contributed by atoms with Crippen LogP contribution in [0.5, 0.6) is 0 Å². The summed E-state index contributed by atoms with van der Waals surface area (Å²) in [4.78, 5) is 14.6. The van der Waals surface area contributed by atoms with E-state index < -0.39 is 0 Å². The van der Waals surface area contributed by atoms with Crippen molar-refractivity contribution in [3.05, 3.63) is 35.4 Å². The molecule has 1 aliphatic rings. The largest absolute Gasteiger partial charge is 0.336 e. The Balaban J connectivity index is 2.14. The van der Waals surface area contributed by atoms with E-state index in [-0.39, 0.29) is 5.91 Å². The highest BCUT2D eigenvalue weighted by Gasteiger charge is 2.24. The third kappa shape index (κ3) is 2.92. The van der Waals surface area contributed by atoms with Crippen LogP contribution in [-0.2, 0) is 0 Å². The molecule has 2 rings (SSSR count). The van der Waals surface area contributed by atoms with Crippen molar-refractivity contribution < 1.29 is 4.79 Å². The Hall–Kier alpha value is -1.31. The van der Waals surface area contributed by atoms with Gasteiger partial charge in [0, 0.05) is 18.2 Å². The number of hydrogen-bond acceptors (Lipinski definition) is 1. The third-order valence-electron chi connectivity index (χ3n) is 3.88. The Morgan fingerprint density at radius 3 is 2.61 bits per heavy atom. The molecule has 2 heteroatoms. The van der Waals surface area contributed by atoms with Gasteiger partial charge in [-0.25, -0.2) is 0 Å². The minimum atomic E-state index is 0.202. The predicted octanol–water partition coefficient (Wildman–Crippen LogP) is 3.79. The molecule has 0 saturated heterocycles. The molecule has 1 saturated carbocycles. The Labute approximate surface area is 110 Å². The number of hydrogen-bond donors (Lipinski definition) is 0. The number of benzene rings is 1. The van der Waals surface area contributed by atoms with Crippen molar-refractivity contribution in [1.82, 2.24) is 4.90 Å². The summed E-state index contributed by atoms with van der Waals surface area (Å²) in [5, 5.41) is 0. The van der Waals surface area contributed by atoms with Gasteiger partial charge in [0.1, 0.15) is 0 Å². The molecule has 1 fully saturated rings. The lowest BCUT2D eigenvalue weighted by atomic mass is 9.93. The van der Waals surface area contributed by atoms with Gasteiger partial charge in [0.2, 0.25) is 0 Å². The molecule has 98 valence electrons. The fraction of sp³-hybridized carbons (Fsp3) is 0.562. The van der Waals surface area contributed by atoms with E-state index in [1.807, 2.05) is 31.2 Å². The number of nitrogens with zero attached hydrogens (tertiary/aromatic N) is 1. The molecule has 0 unspecified atom stereocenters. The van der Waals surface area contributed by atoms with Crippen molar-refractivity contribution in [1.29, 1.82) is 0 Å². The Morgan fingerprint density at radius 1 is 1.28 bits per heavy atom. The molecule has 1 aliphatic carbocycles. The molecular weight excluding hydrogens is 222 g/mol. The Morgan fingerprint density at radius 2 is 2.00 bits per heavy atom. The minimum absolute atomic E-state index is 0.202. The molecule has 0 N–H and O–H groups in total. The van der Waals surface area contributed by atoms with Gasteiger partial charge in [-0.1, -0.05) is 37.0 Å². The third-order valence-corrected chi connectivity index (χ3v) is 3.88. The van der Waals surface area contributed by atoms with Gasteiger partial charge in [0.15, 0.2) is 0 Å². The lowest BCUT2D eigenvalue weighted by Gasteiger charge is -2.33. The van der Waals surface area contributed by atoms with Crippen molar-refractivity contribution in [2.24, 2.45) is 0 Å². The Kier molecular flexibility index (Phi) is 4.40. The second-order valence-electron chi connectivity index (χ2n) is 5.25. The summed E-state index contributed by atoms with van der Waals surface area (Å²) < 4.78 is 0. The summed E-state index contributed by atoms with van der Waals surface area (Å²) in [6.07, 6.45) is 6.20. The van der Waals surface area contributed by atoms with Crippen LogP contribution < -0.4 is 0 Å². The van der Waals surface area contributed by atoms with Gasteiger partial charge in [0.25, 0.3) is 5.91 Å². The number of rotatable bonds is 3. The fourth-order valence-electron chi connectivity index (χ4n) is 2.90. The number of aryl methyl sites for hydroxylation is 1. The van der Waals surface area contributed by atoms with Crippen molar-refractivity contribution in [2.75, 3.05) is 6.54 Å². The maximum atomic E-state index is 12.6. The zero-order valence-electron chi connectivity index (χ0n) is 11.5. The Bertz CT molecular complexity index is 407. The highest BCUT2D eigenvalue weighted by atomic mass is 16.2. The molecule has 1 aromatic rings. The molecule has 0 radical (unpaired) electrons. The molecule has 0 spiro atoms. The van der Waals surface area contributed by atoms with E-state index in [2.05, 4.69) is 11.8 Å². The van der Waals surface area contributed by atoms with Crippen LogP contribution in [0, 0.1) is 6.92 Å². The van der Waals surface area contributed by atoms with Gasteiger partial charge in [-0.2, -0.15) is 0 Å². The van der Waals surface area contributed by atoms with Crippen LogP contribution in [0.2, 0.25) is 0 Å². The van der Waals surface area contributed by atoms with Gasteiger partial charge in [-0.3, -0.25) is 4.79 Å². The summed E-state index contributed by atoms with van der Waals surface area (Å²) in [5.74, 6) is 0.202. The zero-order valence-corrected chi connectivity index (χ0v) is 11.5. The molecule has 0 bridgehead atoms. The highest BCUT2D eigenvalue weighted by Crippen LogP contribution is 2.24. The topological polar surface area (TPSA) is 20.3 Å². The fourth-order valence-corrected chi connectivity index (χ4v) is 2.90. The molecule has 0 aliphatic heterocycles. The number of carbonyl (C=O) groups excluding carboxylic acids is 1. The van der Waals surface area contributed by atoms with Crippen LogP contribution in [-0.4, -0.2) is 23.4 Å². The van der Waals surface area contributed by atoms with Crippen LogP contribution in [0.1, 0.15) is 54.9 Å². The van der Waals surface area contributed by atoms with E-state index in [9.17, 15) is 4.79 Å². The van der Waals surface area contributed by atoms with Gasteiger partial charge in [-0.15, -0.1) is 0 Å². The van der Waals surface area contributed by atoms with Crippen LogP contribution >= 0.6 is 0 Å². The monoisotopic (exact) mass is 245 g/mol. The van der Waals surface area contributed by atoms with Crippen molar-refractivity contribution in [2.45, 2.75) is 52.0 Å². The maximum absolute atomic E-state index is 12.6. The summed E-state index contributed by atoms with van der Waals surface area (Å²) in [6.45, 7) is 4.94. The van der Waals surface area contributed by atoms with Gasteiger partial charge >= 0.3 is 0 Å². The summed E-state index contributed by atoms with van der Waals surface area (Å²) in [7, 11) is 0. The molecule has 0 aromatic heterocycles. The van der Waals surface area contributed by atoms with E-state index >= 15 is 0 Å². The summed E-state index contributed by atoms with van der Waals surface area (Å²) in [5.41, 5.74) is 1.99. The quantitative estimate of drug-likeness (QED) is 0.793. The standard InChI is InChI=1S/C16H23NO/c1-3-17(15-10-5-4-6-11-15)16(18)14-9-7-8-13(2)12-14/h7-9,12,15H,3-6,10-11H2,1-2H3. The lowest BCUT2D eigenvalue weighted by Crippen LogP contribution is -2.41. The maximum Gasteiger partial charge on any atom is 0.254 e. The van der Waals surface area contributed by atoms with Crippen LogP contribution in [0.15, 0.2) is 24.3 Å². The van der Waals surface area contributed by atoms with Gasteiger partial charge in [-0.05, 0) is 38.8 Å². The van der Waals surface area contributed by atoms with Crippen molar-refractivity contribution in [3.8, 4) is 0 Å². The second-order valence-corrected chi connectivity index (χ2v) is 5.25. The smallest absolute Gasteiger partial charge is 0.254 e. The van der Waals surface area contributed by atoms with E-state index in [0.29, 0.717) is 6.04 Å². The average molecular weight is 245 g/mol. The van der Waals surface area contributed by atoms with E-state index in [0.717, 1.165) is 17.7 Å². The molecule has 0 heterocycles. The molecule has 2 nitrogen and oxygen atoms in total. The first-order valence-corrected chi connectivity index (χ1v) is 7.10. The molecule has 0 atom stereocenters. The number of carbonyl (C=O) groups is 1. The normalized spacial score (nSPS) is 16.6. The van der Waals surface area contributed by atoms with Gasteiger partial charge in [0.05, 0.1) is 0 Å². The first kappa shape index (κ1) is 13.1. The van der Waals surface area contributed by atoms with Crippen LogP contribution in [0.4, 0.5) is 0 Å². The molecule has 1 amide bonds. The lowest BCUT2D eigenvalue weighted by molar-refractivity contribution is 0.0648. The number of amides is 1. The van der Waals surface area contributed by atoms with Gasteiger partial charge < -0.3 is 4.90 Å². The summed E-state index contributed by atoms with van der Waals surface area (Å²) in [6, 6.07) is 8.39. The average Bonchev–Trinajstić information content (AvgIpc) is 2.41. The van der Waals surface area contributed by atoms with Crippen LogP contribution in [0.3, 0.4) is 0 Å². The van der Waals surface area contributed by atoms with E-state index in [1.54, 1.807) is 0 Å². The van der Waals surface area contributed by atoms with E-state index in [4.69, 9.17) is 0 Å². The predicted molar refractivity (Wildman–Crippen MR) is 74.8 cm³/mol. The first-order chi connectivity index (χ1) is 8.72. The van der Waals surface area contributed by atoms with Crippen LogP contribution in [0.25, 0.3) is 0 Å². The molecule has 1 aromatic carbocycles. The molecule has 18 heavy (non-hydrogen) atoms. The minimum Gasteiger partial charge on any atom is -0.336 e. The highest BCUT2D eigenvalue weighted by molar-refractivity contribution is 5.94. The zero-order chi connectivity index (χ0) is 13.0. The first-order valence-electron chi connectivity index (χ1n) is 7.10. The van der Waals surface area contributed by atoms with Crippen molar-refractivity contribution >= 4 is 5.91 Å².